The van der Waals surface area contributed by atoms with Gasteiger partial charge in [-0.1, -0.05) is 36.5 Å². The normalized spacial score (nSPS) is 14.0. The van der Waals surface area contributed by atoms with Crippen LogP contribution in [0.15, 0.2) is 4.40 Å². The van der Waals surface area contributed by atoms with Crippen molar-refractivity contribution < 1.29 is 8.94 Å². The van der Waals surface area contributed by atoms with Crippen molar-refractivity contribution in [1.29, 1.82) is 0 Å². The van der Waals surface area contributed by atoms with Gasteiger partial charge in [-0.3, -0.25) is 0 Å². The molecule has 0 aromatic heterocycles. The van der Waals surface area contributed by atoms with Gasteiger partial charge in [-0.15, -0.1) is 0 Å². The summed E-state index contributed by atoms with van der Waals surface area (Å²) >= 11 is -1.43. The molecule has 1 atom stereocenters. The van der Waals surface area contributed by atoms with Crippen molar-refractivity contribution in [3.8, 4) is 11.8 Å². The van der Waals surface area contributed by atoms with E-state index in [9.17, 15) is 8.94 Å². The Bertz CT molecular complexity index is 312. The van der Waals surface area contributed by atoms with E-state index >= 15 is 0 Å². The molecule has 0 aromatic carbocycles. The number of hydrogen-bond acceptors (Lipinski definition) is 2. The topological polar surface area (TPSA) is 35.4 Å². The van der Waals surface area contributed by atoms with E-state index in [2.05, 4.69) is 23.2 Å². The van der Waals surface area contributed by atoms with E-state index in [1.807, 2.05) is 0 Å². The molecule has 18 heavy (non-hydrogen) atoms. The molecule has 0 rings (SSSR count). The lowest BCUT2D eigenvalue weighted by Gasteiger charge is -2.18. The second-order valence-corrected chi connectivity index (χ2v) is 7.05. The summed E-state index contributed by atoms with van der Waals surface area (Å²) in [5, 5.41) is 0. The van der Waals surface area contributed by atoms with Crippen LogP contribution in [0, 0.1) is 11.8 Å². The predicted molar refractivity (Wildman–Crippen MR) is 77.8 cm³/mol. The third kappa shape index (κ3) is 8.54. The highest BCUT2D eigenvalue weighted by atomic mass is 32.2. The van der Waals surface area contributed by atoms with E-state index < -0.39 is 22.8 Å². The van der Waals surface area contributed by atoms with Gasteiger partial charge in [0.2, 0.25) is 0 Å². The lowest BCUT2D eigenvalue weighted by atomic mass is 10.1. The number of unbranched alkanes of at least 4 members (excludes halogenated alkanes) is 4. The van der Waals surface area contributed by atoms with Crippen LogP contribution in [-0.4, -0.2) is 21.7 Å². The Morgan fingerprint density at radius 3 is 2.44 bits per heavy atom. The van der Waals surface area contributed by atoms with Gasteiger partial charge in [-0.25, -0.2) is 4.39 Å². The number of halogens is 1. The molecule has 0 spiro atoms. The van der Waals surface area contributed by atoms with Crippen molar-refractivity contribution in [2.75, 3.05) is 6.67 Å². The van der Waals surface area contributed by atoms with E-state index in [1.54, 1.807) is 20.8 Å². The maximum atomic E-state index is 12.7. The van der Waals surface area contributed by atoms with Gasteiger partial charge in [-0.2, -0.15) is 0 Å². The minimum atomic E-state index is -1.43. The molecular formula is C14H24FNOS. The Hall–Kier alpha value is -0.530. The first kappa shape index (κ1) is 17.5. The lowest BCUT2D eigenvalue weighted by molar-refractivity contribution is 0.558. The standard InChI is InChI=1S/C14H24FNOS/c1-5-6-7-8-9-10-11-13(12-15)16-18(17)14(2,3)4/h5-9,12H2,1-4H3/b16-13+/t18-/m0/s1. The monoisotopic (exact) mass is 273 g/mol. The van der Waals surface area contributed by atoms with Crippen LogP contribution < -0.4 is 0 Å². The maximum Gasteiger partial charge on any atom is 0.172 e. The SMILES string of the molecule is CCCCCCC#C/C(CF)=N\[S@@+]([O-])C(C)(C)C. The van der Waals surface area contributed by atoms with Crippen molar-refractivity contribution in [2.24, 2.45) is 4.40 Å². The number of rotatable bonds is 6. The van der Waals surface area contributed by atoms with Gasteiger partial charge < -0.3 is 4.55 Å². The van der Waals surface area contributed by atoms with Crippen LogP contribution in [0.1, 0.15) is 59.8 Å². The van der Waals surface area contributed by atoms with Gasteiger partial charge in [0.15, 0.2) is 5.71 Å². The van der Waals surface area contributed by atoms with Crippen LogP contribution in [0.2, 0.25) is 0 Å². The van der Waals surface area contributed by atoms with Gasteiger partial charge in [0.25, 0.3) is 0 Å². The Morgan fingerprint density at radius 1 is 1.28 bits per heavy atom. The van der Waals surface area contributed by atoms with Gasteiger partial charge in [0.05, 0.1) is 0 Å². The predicted octanol–water partition coefficient (Wildman–Crippen LogP) is 3.83. The Morgan fingerprint density at radius 2 is 1.94 bits per heavy atom. The molecule has 0 aromatic rings. The minimum absolute atomic E-state index is 0.0961. The molecule has 0 aliphatic rings. The number of alkyl halides is 1. The zero-order valence-corrected chi connectivity index (χ0v) is 12.7. The first-order valence-corrected chi connectivity index (χ1v) is 7.57. The molecule has 4 heteroatoms. The Labute approximate surface area is 114 Å². The summed E-state index contributed by atoms with van der Waals surface area (Å²) in [6, 6.07) is 0. The van der Waals surface area contributed by atoms with Crippen molar-refractivity contribution in [3.05, 3.63) is 0 Å². The zero-order chi connectivity index (χ0) is 14.0. The fourth-order valence-corrected chi connectivity index (χ4v) is 1.69. The van der Waals surface area contributed by atoms with Crippen molar-refractivity contribution >= 4 is 17.1 Å². The second-order valence-electron chi connectivity index (χ2n) is 5.15. The molecule has 0 bridgehead atoms. The molecule has 0 aliphatic carbocycles. The zero-order valence-electron chi connectivity index (χ0n) is 11.9. The molecule has 0 amide bonds. The van der Waals surface area contributed by atoms with Crippen molar-refractivity contribution in [2.45, 2.75) is 64.5 Å². The summed E-state index contributed by atoms with van der Waals surface area (Å²) < 4.78 is 27.7. The molecule has 0 aliphatic heterocycles. The number of nitrogens with zero attached hydrogens (tertiary/aromatic N) is 1. The fraction of sp³-hybridized carbons (Fsp3) is 0.786. The first-order valence-electron chi connectivity index (χ1n) is 6.46. The average Bonchev–Trinajstić information content (AvgIpc) is 2.30. The molecule has 0 fully saturated rings. The van der Waals surface area contributed by atoms with E-state index in [0.717, 1.165) is 19.3 Å². The Kier molecular flexibility index (Phi) is 9.13. The largest absolute Gasteiger partial charge is 0.591 e. The molecular weight excluding hydrogens is 249 g/mol. The Balaban J connectivity index is 4.26. The molecule has 104 valence electrons. The third-order valence-electron chi connectivity index (χ3n) is 2.23. The smallest absolute Gasteiger partial charge is 0.172 e. The van der Waals surface area contributed by atoms with Crippen molar-refractivity contribution in [3.63, 3.8) is 0 Å². The molecule has 0 unspecified atom stereocenters. The molecule has 0 saturated heterocycles. The van der Waals surface area contributed by atoms with Crippen LogP contribution in [0.5, 0.6) is 0 Å². The summed E-state index contributed by atoms with van der Waals surface area (Å²) in [4.78, 5) is 0. The molecule has 0 heterocycles. The maximum absolute atomic E-state index is 12.7. The van der Waals surface area contributed by atoms with Gasteiger partial charge >= 0.3 is 0 Å². The van der Waals surface area contributed by atoms with Crippen LogP contribution in [0.4, 0.5) is 4.39 Å². The summed E-state index contributed by atoms with van der Waals surface area (Å²) in [7, 11) is 0. The minimum Gasteiger partial charge on any atom is -0.591 e. The summed E-state index contributed by atoms with van der Waals surface area (Å²) in [6.07, 6.45) is 5.33. The quantitative estimate of drug-likeness (QED) is 0.313. The second kappa shape index (κ2) is 9.41. The van der Waals surface area contributed by atoms with Crippen LogP contribution in [-0.2, 0) is 11.4 Å². The van der Waals surface area contributed by atoms with Crippen LogP contribution >= 0.6 is 0 Å². The first-order chi connectivity index (χ1) is 8.41. The van der Waals surface area contributed by atoms with Crippen LogP contribution in [0.25, 0.3) is 0 Å². The highest BCUT2D eigenvalue weighted by Gasteiger charge is 2.26. The van der Waals surface area contributed by atoms with Gasteiger partial charge in [-0.05, 0) is 33.1 Å². The number of hydrogen-bond donors (Lipinski definition) is 0. The molecule has 0 radical (unpaired) electrons. The van der Waals surface area contributed by atoms with E-state index in [0.29, 0.717) is 0 Å². The molecule has 2 nitrogen and oxygen atoms in total. The van der Waals surface area contributed by atoms with Crippen molar-refractivity contribution in [1.82, 2.24) is 0 Å². The third-order valence-corrected chi connectivity index (χ3v) is 3.67. The van der Waals surface area contributed by atoms with E-state index in [-0.39, 0.29) is 5.71 Å². The molecule has 0 saturated carbocycles. The summed E-state index contributed by atoms with van der Waals surface area (Å²) in [6.45, 7) is 6.83. The average molecular weight is 273 g/mol. The van der Waals surface area contributed by atoms with E-state index in [4.69, 9.17) is 0 Å². The summed E-state index contributed by atoms with van der Waals surface area (Å²) in [5.41, 5.74) is 0.0961. The summed E-state index contributed by atoms with van der Waals surface area (Å²) in [5.74, 6) is 5.58. The van der Waals surface area contributed by atoms with Gasteiger partial charge in [0.1, 0.15) is 22.8 Å². The highest BCUT2D eigenvalue weighted by molar-refractivity contribution is 7.91. The lowest BCUT2D eigenvalue weighted by Crippen LogP contribution is -2.27. The highest BCUT2D eigenvalue weighted by Crippen LogP contribution is 2.17. The van der Waals surface area contributed by atoms with Gasteiger partial charge in [0, 0.05) is 6.42 Å². The van der Waals surface area contributed by atoms with Crippen LogP contribution in [0.3, 0.4) is 0 Å². The molecule has 0 N–H and O–H groups in total. The van der Waals surface area contributed by atoms with E-state index in [1.165, 1.54) is 12.8 Å². The fourth-order valence-electron chi connectivity index (χ4n) is 1.12.